The van der Waals surface area contributed by atoms with Gasteiger partial charge >= 0.3 is 5.97 Å². The van der Waals surface area contributed by atoms with Crippen LogP contribution in [0.1, 0.15) is 58.8 Å². The van der Waals surface area contributed by atoms with Gasteiger partial charge in [0.05, 0.1) is 12.2 Å². The highest BCUT2D eigenvalue weighted by Gasteiger charge is 2.30. The number of H-pyrrole nitrogens is 1. The van der Waals surface area contributed by atoms with Crippen molar-refractivity contribution in [1.82, 2.24) is 9.88 Å². The summed E-state index contributed by atoms with van der Waals surface area (Å²) in [6, 6.07) is 7.47. The van der Waals surface area contributed by atoms with Gasteiger partial charge < -0.3 is 14.6 Å². The van der Waals surface area contributed by atoms with Crippen molar-refractivity contribution in [3.63, 3.8) is 0 Å². The Morgan fingerprint density at radius 3 is 2.29 bits per heavy atom. The number of aryl methyl sites for hydroxylation is 2. The van der Waals surface area contributed by atoms with Gasteiger partial charge in [0, 0.05) is 24.8 Å². The first kappa shape index (κ1) is 21.4. The molecule has 1 aromatic carbocycles. The molecule has 0 saturated carbocycles. The number of hydrogen-bond donors (Lipinski definition) is 1. The molecule has 0 radical (unpaired) electrons. The van der Waals surface area contributed by atoms with Crippen molar-refractivity contribution in [2.45, 2.75) is 40.5 Å². The fourth-order valence-corrected chi connectivity index (χ4v) is 3.04. The van der Waals surface area contributed by atoms with Crippen LogP contribution in [-0.4, -0.2) is 47.7 Å². The van der Waals surface area contributed by atoms with Crippen LogP contribution in [0.5, 0.6) is 0 Å². The van der Waals surface area contributed by atoms with Gasteiger partial charge in [0.2, 0.25) is 0 Å². The highest BCUT2D eigenvalue weighted by Crippen LogP contribution is 2.32. The molecule has 0 fully saturated rings. The molecule has 1 heterocycles. The minimum atomic E-state index is -0.659. The van der Waals surface area contributed by atoms with E-state index in [1.165, 1.54) is 4.90 Å². The van der Waals surface area contributed by atoms with Crippen LogP contribution in [0.25, 0.3) is 11.1 Å². The van der Waals surface area contributed by atoms with Crippen LogP contribution in [0.15, 0.2) is 24.3 Å². The van der Waals surface area contributed by atoms with Crippen molar-refractivity contribution in [3.05, 3.63) is 46.8 Å². The number of hydrogen-bond acceptors (Lipinski definition) is 4. The number of nitrogens with zero attached hydrogens (tertiary/aromatic N) is 1. The van der Waals surface area contributed by atoms with Crippen LogP contribution >= 0.6 is 0 Å². The Morgan fingerprint density at radius 1 is 1.07 bits per heavy atom. The Labute approximate surface area is 165 Å². The first-order chi connectivity index (χ1) is 13.3. The number of carbonyl (C=O) groups is 3. The van der Waals surface area contributed by atoms with E-state index in [1.807, 2.05) is 38.1 Å². The lowest BCUT2D eigenvalue weighted by atomic mass is 9.97. The molecule has 0 bridgehead atoms. The summed E-state index contributed by atoms with van der Waals surface area (Å²) < 4.78 is 5.18. The molecule has 28 heavy (non-hydrogen) atoms. The van der Waals surface area contributed by atoms with E-state index in [-0.39, 0.29) is 17.9 Å². The molecule has 0 aliphatic carbocycles. The molecule has 0 aliphatic heterocycles. The van der Waals surface area contributed by atoms with Crippen molar-refractivity contribution >= 4 is 17.7 Å². The summed E-state index contributed by atoms with van der Waals surface area (Å²) in [7, 11) is 1.61. The normalized spacial score (nSPS) is 10.6. The summed E-state index contributed by atoms with van der Waals surface area (Å²) in [4.78, 5) is 42.6. The maximum Gasteiger partial charge on any atom is 0.340 e. The SMILES string of the molecule is CCCCN(C)C(=O)C(=O)c1[nH]c(C)c(C(=O)OCC)c1-c1ccc(C)cc1. The number of ketones is 1. The molecule has 150 valence electrons. The molecule has 0 spiro atoms. The second-order valence-electron chi connectivity index (χ2n) is 6.87. The Hall–Kier alpha value is -2.89. The maximum absolute atomic E-state index is 13.0. The number of likely N-dealkylation sites (N-methyl/N-ethyl adjacent to an activating group) is 1. The van der Waals surface area contributed by atoms with Gasteiger partial charge in [0.15, 0.2) is 0 Å². The second-order valence-corrected chi connectivity index (χ2v) is 6.87. The molecule has 6 heteroatoms. The van der Waals surface area contributed by atoms with Crippen LogP contribution in [0, 0.1) is 13.8 Å². The molecule has 2 rings (SSSR count). The molecule has 0 aliphatic rings. The third-order valence-corrected chi connectivity index (χ3v) is 4.62. The van der Waals surface area contributed by atoms with Crippen LogP contribution in [0.2, 0.25) is 0 Å². The molecule has 6 nitrogen and oxygen atoms in total. The van der Waals surface area contributed by atoms with E-state index in [4.69, 9.17) is 4.74 Å². The van der Waals surface area contributed by atoms with Crippen LogP contribution in [0.3, 0.4) is 0 Å². The van der Waals surface area contributed by atoms with E-state index in [2.05, 4.69) is 4.98 Å². The third-order valence-electron chi connectivity index (χ3n) is 4.62. The molecule has 0 atom stereocenters. The van der Waals surface area contributed by atoms with Gasteiger partial charge in [-0.3, -0.25) is 9.59 Å². The summed E-state index contributed by atoms with van der Waals surface area (Å²) >= 11 is 0. The zero-order valence-electron chi connectivity index (χ0n) is 17.2. The highest BCUT2D eigenvalue weighted by molar-refractivity contribution is 6.43. The molecule has 1 amide bonds. The summed E-state index contributed by atoms with van der Waals surface area (Å²) in [5.74, 6) is -1.77. The number of rotatable bonds is 8. The van der Waals surface area contributed by atoms with Gasteiger partial charge in [-0.05, 0) is 32.8 Å². The van der Waals surface area contributed by atoms with Crippen LogP contribution in [0.4, 0.5) is 0 Å². The van der Waals surface area contributed by atoms with Gasteiger partial charge in [-0.15, -0.1) is 0 Å². The molecule has 0 unspecified atom stereocenters. The number of Topliss-reactive ketones (excluding diaryl/α,β-unsaturated/α-hetero) is 1. The standard InChI is InChI=1S/C22H28N2O4/c1-6-8-13-24(5)21(26)20(25)19-18(16-11-9-14(3)10-12-16)17(15(4)23-19)22(27)28-7-2/h9-12,23H,6-8,13H2,1-5H3. The zero-order valence-corrected chi connectivity index (χ0v) is 17.2. The van der Waals surface area contributed by atoms with Gasteiger partial charge in [0.1, 0.15) is 5.69 Å². The van der Waals surface area contributed by atoms with Gasteiger partial charge in [-0.2, -0.15) is 0 Å². The van der Waals surface area contributed by atoms with Crippen molar-refractivity contribution in [3.8, 4) is 11.1 Å². The van der Waals surface area contributed by atoms with E-state index in [0.29, 0.717) is 23.4 Å². The number of benzene rings is 1. The van der Waals surface area contributed by atoms with Gasteiger partial charge in [-0.1, -0.05) is 43.2 Å². The summed E-state index contributed by atoms with van der Waals surface area (Å²) in [5, 5.41) is 0. The largest absolute Gasteiger partial charge is 0.462 e. The fourth-order valence-electron chi connectivity index (χ4n) is 3.04. The van der Waals surface area contributed by atoms with Crippen molar-refractivity contribution < 1.29 is 19.1 Å². The minimum Gasteiger partial charge on any atom is -0.462 e. The number of ether oxygens (including phenoxy) is 1. The molecule has 1 N–H and O–H groups in total. The van der Waals surface area contributed by atoms with Gasteiger partial charge in [0.25, 0.3) is 11.7 Å². The van der Waals surface area contributed by atoms with Crippen molar-refractivity contribution in [1.29, 1.82) is 0 Å². The lowest BCUT2D eigenvalue weighted by Gasteiger charge is -2.16. The van der Waals surface area contributed by atoms with E-state index in [0.717, 1.165) is 18.4 Å². The van der Waals surface area contributed by atoms with Gasteiger partial charge in [-0.25, -0.2) is 4.79 Å². The number of aromatic nitrogens is 1. The zero-order chi connectivity index (χ0) is 20.8. The number of esters is 1. The number of amides is 1. The Morgan fingerprint density at radius 2 is 1.71 bits per heavy atom. The molecule has 2 aromatic rings. The average Bonchev–Trinajstić information content (AvgIpc) is 3.02. The smallest absolute Gasteiger partial charge is 0.340 e. The monoisotopic (exact) mass is 384 g/mol. The first-order valence-electron chi connectivity index (χ1n) is 9.58. The minimum absolute atomic E-state index is 0.123. The second kappa shape index (κ2) is 9.35. The maximum atomic E-state index is 13.0. The van der Waals surface area contributed by atoms with Crippen LogP contribution < -0.4 is 0 Å². The van der Waals surface area contributed by atoms with Crippen LogP contribution in [-0.2, 0) is 9.53 Å². The highest BCUT2D eigenvalue weighted by atomic mass is 16.5. The Bertz CT molecular complexity index is 865. The topological polar surface area (TPSA) is 79.5 Å². The number of unbranched alkanes of at least 4 members (excludes halogenated alkanes) is 1. The number of carbonyl (C=O) groups excluding carboxylic acids is 3. The molecule has 1 aromatic heterocycles. The Kier molecular flexibility index (Phi) is 7.15. The lowest BCUT2D eigenvalue weighted by Crippen LogP contribution is -2.34. The summed E-state index contributed by atoms with van der Waals surface area (Å²) in [5.41, 5.74) is 3.07. The lowest BCUT2D eigenvalue weighted by molar-refractivity contribution is -0.125. The van der Waals surface area contributed by atoms with E-state index in [1.54, 1.807) is 20.9 Å². The number of aromatic amines is 1. The summed E-state index contributed by atoms with van der Waals surface area (Å²) in [6.07, 6.45) is 1.74. The predicted molar refractivity (Wildman–Crippen MR) is 109 cm³/mol. The average molecular weight is 384 g/mol. The molecule has 0 saturated heterocycles. The fraction of sp³-hybridized carbons (Fsp3) is 0.409. The third kappa shape index (κ3) is 4.50. The molecular formula is C22H28N2O4. The predicted octanol–water partition coefficient (Wildman–Crippen LogP) is 3.92. The van der Waals surface area contributed by atoms with E-state index < -0.39 is 17.7 Å². The quantitative estimate of drug-likeness (QED) is 0.425. The van der Waals surface area contributed by atoms with Crippen molar-refractivity contribution in [2.75, 3.05) is 20.2 Å². The first-order valence-corrected chi connectivity index (χ1v) is 9.58. The Balaban J connectivity index is 2.56. The summed E-state index contributed by atoms with van der Waals surface area (Å²) in [6.45, 7) is 8.13. The van der Waals surface area contributed by atoms with E-state index in [9.17, 15) is 14.4 Å². The number of nitrogens with one attached hydrogen (secondary N) is 1. The van der Waals surface area contributed by atoms with E-state index >= 15 is 0 Å². The van der Waals surface area contributed by atoms with Crippen molar-refractivity contribution in [2.24, 2.45) is 0 Å². The molecular weight excluding hydrogens is 356 g/mol.